The molecule has 3 nitrogen and oxygen atoms in total. The van der Waals surface area contributed by atoms with E-state index in [1.807, 2.05) is 0 Å². The molecule has 0 aliphatic rings. The van der Waals surface area contributed by atoms with Gasteiger partial charge < -0.3 is 10.8 Å². The summed E-state index contributed by atoms with van der Waals surface area (Å²) in [5.74, 6) is -0.968. The van der Waals surface area contributed by atoms with Gasteiger partial charge in [-0.1, -0.05) is 0 Å². The van der Waals surface area contributed by atoms with Crippen LogP contribution in [0.1, 0.15) is 0 Å². The van der Waals surface area contributed by atoms with E-state index in [9.17, 15) is 4.79 Å². The third kappa shape index (κ3) is 9.13. The van der Waals surface area contributed by atoms with Crippen LogP contribution in [0, 0.1) is 0 Å². The second kappa shape index (κ2) is 4.86. The van der Waals surface area contributed by atoms with Crippen molar-refractivity contribution in [2.75, 3.05) is 6.54 Å². The minimum Gasteiger partial charge on any atom is -0.480 e. The summed E-state index contributed by atoms with van der Waals surface area (Å²) in [5.41, 5.74) is 4.57. The molecular weight excluding hydrogens is 101 g/mol. The third-order valence-electron chi connectivity index (χ3n) is 0.175. The van der Waals surface area contributed by atoms with Gasteiger partial charge in [-0.2, -0.15) is 0 Å². The molecule has 0 aliphatic carbocycles. The maximum absolute atomic E-state index is 9.24. The molecule has 6 heavy (non-hydrogen) atoms. The summed E-state index contributed by atoms with van der Waals surface area (Å²) in [4.78, 5) is 9.24. The van der Waals surface area contributed by atoms with Gasteiger partial charge in [-0.15, -0.1) is 0 Å². The van der Waals surface area contributed by atoms with Crippen molar-refractivity contribution in [3.05, 3.63) is 0 Å². The highest BCUT2D eigenvalue weighted by atomic mass is 31.0. The molecule has 0 unspecified atom stereocenters. The summed E-state index contributed by atoms with van der Waals surface area (Å²) in [6.45, 7) is -0.278. The average Bonchev–Trinajstić information content (AvgIpc) is 1.38. The summed E-state index contributed by atoms with van der Waals surface area (Å²) in [5, 5.41) is 7.60. The molecule has 0 heterocycles. The van der Waals surface area contributed by atoms with Crippen LogP contribution in [-0.2, 0) is 4.79 Å². The Morgan fingerprint density at radius 3 is 2.00 bits per heavy atom. The fraction of sp³-hybridized carbons (Fsp3) is 0.500. The number of carbonyl (C=O) groups is 1. The van der Waals surface area contributed by atoms with E-state index in [0.717, 1.165) is 0 Å². The Morgan fingerprint density at radius 1 is 1.83 bits per heavy atom. The Bertz CT molecular complexity index is 46.8. The molecule has 0 spiro atoms. The van der Waals surface area contributed by atoms with E-state index in [2.05, 4.69) is 5.73 Å². The molecule has 35 valence electrons. The van der Waals surface area contributed by atoms with Gasteiger partial charge in [-0.3, -0.25) is 4.79 Å². The first kappa shape index (κ1) is 9.29. The second-order valence-corrected chi connectivity index (χ2v) is 0.598. The van der Waals surface area contributed by atoms with Gasteiger partial charge in [0.1, 0.15) is 0 Å². The van der Waals surface area contributed by atoms with E-state index in [0.29, 0.717) is 0 Å². The zero-order valence-corrected chi connectivity index (χ0v) is 3.98. The van der Waals surface area contributed by atoms with E-state index in [1.165, 1.54) is 0 Å². The van der Waals surface area contributed by atoms with Gasteiger partial charge in [0.15, 0.2) is 0 Å². The number of carboxylic acids is 1. The van der Waals surface area contributed by atoms with E-state index in [-0.39, 0.29) is 16.4 Å². The fourth-order valence-electron chi connectivity index (χ4n) is 0. The minimum absolute atomic E-state index is 0. The Balaban J connectivity index is 0. The predicted octanol–water partition coefficient (Wildman–Crippen LogP) is -0.109. The maximum atomic E-state index is 9.24. The molecule has 3 radical (unpaired) electrons. The lowest BCUT2D eigenvalue weighted by Crippen LogP contribution is -2.10. The average molecular weight is 106 g/mol. The van der Waals surface area contributed by atoms with Crippen molar-refractivity contribution in [3.8, 4) is 0 Å². The van der Waals surface area contributed by atoms with Crippen LogP contribution in [0.25, 0.3) is 0 Å². The van der Waals surface area contributed by atoms with Crippen LogP contribution in [0.2, 0.25) is 0 Å². The summed E-state index contributed by atoms with van der Waals surface area (Å²) in [6, 6.07) is 0. The van der Waals surface area contributed by atoms with Gasteiger partial charge in [-0.05, 0) is 0 Å². The first-order valence-corrected chi connectivity index (χ1v) is 1.19. The Kier molecular flexibility index (Phi) is 7.52. The quantitative estimate of drug-likeness (QED) is 0.458. The highest BCUT2D eigenvalue weighted by Gasteiger charge is 1.81. The van der Waals surface area contributed by atoms with E-state index < -0.39 is 5.97 Å². The van der Waals surface area contributed by atoms with Crippen LogP contribution < -0.4 is 5.73 Å². The Hall–Kier alpha value is -0.140. The van der Waals surface area contributed by atoms with Crippen molar-refractivity contribution in [2.24, 2.45) is 5.73 Å². The molecule has 0 aromatic heterocycles. The van der Waals surface area contributed by atoms with Crippen molar-refractivity contribution in [3.63, 3.8) is 0 Å². The SMILES string of the molecule is NCC(=O)O.[P]. The van der Waals surface area contributed by atoms with Crippen LogP contribution in [-0.4, -0.2) is 17.6 Å². The molecule has 0 aliphatic heterocycles. The zero-order chi connectivity index (χ0) is 4.28. The number of nitrogens with two attached hydrogens (primary N) is 1. The van der Waals surface area contributed by atoms with Gasteiger partial charge in [0.05, 0.1) is 6.54 Å². The molecule has 0 aromatic carbocycles. The molecular formula is C2H5NO2P. The van der Waals surface area contributed by atoms with Crippen LogP contribution >= 0.6 is 9.90 Å². The molecule has 0 saturated carbocycles. The number of hydrogen-bond acceptors (Lipinski definition) is 2. The zero-order valence-electron chi connectivity index (χ0n) is 3.09. The van der Waals surface area contributed by atoms with E-state index in [1.54, 1.807) is 0 Å². The van der Waals surface area contributed by atoms with Crippen molar-refractivity contribution in [1.82, 2.24) is 0 Å². The lowest BCUT2D eigenvalue weighted by molar-refractivity contribution is -0.135. The van der Waals surface area contributed by atoms with Crippen LogP contribution in [0.5, 0.6) is 0 Å². The molecule has 3 N–H and O–H groups in total. The molecule has 0 atom stereocenters. The smallest absolute Gasteiger partial charge is 0.317 e. The molecule has 4 heteroatoms. The van der Waals surface area contributed by atoms with Crippen molar-refractivity contribution < 1.29 is 9.90 Å². The van der Waals surface area contributed by atoms with Crippen molar-refractivity contribution in [2.45, 2.75) is 0 Å². The van der Waals surface area contributed by atoms with Gasteiger partial charge in [0.2, 0.25) is 0 Å². The second-order valence-electron chi connectivity index (χ2n) is 0.598. The number of carboxylic acid groups (broad SMARTS) is 1. The molecule has 0 bridgehead atoms. The standard InChI is InChI=1S/C2H5NO2.P/c3-1-2(4)5;/h1,3H2,(H,4,5);. The summed E-state index contributed by atoms with van der Waals surface area (Å²) in [7, 11) is 0. The predicted molar refractivity (Wildman–Crippen MR) is 23.6 cm³/mol. The molecule has 0 aromatic rings. The monoisotopic (exact) mass is 106 g/mol. The first-order valence-electron chi connectivity index (χ1n) is 1.19. The topological polar surface area (TPSA) is 63.3 Å². The highest BCUT2D eigenvalue weighted by molar-refractivity contribution is 6.92. The van der Waals surface area contributed by atoms with Gasteiger partial charge in [-0.25, -0.2) is 0 Å². The number of hydrogen-bond donors (Lipinski definition) is 2. The van der Waals surface area contributed by atoms with E-state index in [4.69, 9.17) is 5.11 Å². The van der Waals surface area contributed by atoms with Crippen molar-refractivity contribution in [1.29, 1.82) is 0 Å². The lowest BCUT2D eigenvalue weighted by Gasteiger charge is -1.73. The van der Waals surface area contributed by atoms with Gasteiger partial charge in [0, 0.05) is 9.90 Å². The minimum atomic E-state index is -0.968. The fourth-order valence-corrected chi connectivity index (χ4v) is 0. The van der Waals surface area contributed by atoms with Crippen molar-refractivity contribution >= 4 is 15.9 Å². The molecule has 0 fully saturated rings. The third-order valence-corrected chi connectivity index (χ3v) is 0.175. The normalized spacial score (nSPS) is 6.17. The summed E-state index contributed by atoms with van der Waals surface area (Å²) >= 11 is 0. The summed E-state index contributed by atoms with van der Waals surface area (Å²) < 4.78 is 0. The number of aliphatic carboxylic acids is 1. The molecule has 0 rings (SSSR count). The maximum Gasteiger partial charge on any atom is 0.317 e. The summed E-state index contributed by atoms with van der Waals surface area (Å²) in [6.07, 6.45) is 0. The van der Waals surface area contributed by atoms with Crippen LogP contribution in [0.4, 0.5) is 0 Å². The van der Waals surface area contributed by atoms with Gasteiger partial charge >= 0.3 is 5.97 Å². The molecule has 0 saturated heterocycles. The van der Waals surface area contributed by atoms with Crippen LogP contribution in [0.15, 0.2) is 0 Å². The lowest BCUT2D eigenvalue weighted by atomic mass is 10.7. The number of rotatable bonds is 1. The van der Waals surface area contributed by atoms with E-state index >= 15 is 0 Å². The first-order chi connectivity index (χ1) is 2.27. The Labute approximate surface area is 39.2 Å². The largest absolute Gasteiger partial charge is 0.480 e. The highest BCUT2D eigenvalue weighted by Crippen LogP contribution is 1.43. The Morgan fingerprint density at radius 2 is 2.00 bits per heavy atom. The van der Waals surface area contributed by atoms with Crippen LogP contribution in [0.3, 0.4) is 0 Å². The van der Waals surface area contributed by atoms with Gasteiger partial charge in [0.25, 0.3) is 0 Å². The molecule has 0 amide bonds.